The maximum atomic E-state index is 12.5. The number of thiophene rings is 1. The van der Waals surface area contributed by atoms with Gasteiger partial charge in [-0.1, -0.05) is 6.07 Å². The van der Waals surface area contributed by atoms with Crippen LogP contribution < -0.4 is 0 Å². The lowest BCUT2D eigenvalue weighted by atomic mass is 9.78. The first-order valence-corrected chi connectivity index (χ1v) is 6.51. The second-order valence-electron chi connectivity index (χ2n) is 4.35. The van der Waals surface area contributed by atoms with Crippen LogP contribution in [0.2, 0.25) is 0 Å². The highest BCUT2D eigenvalue weighted by atomic mass is 32.1. The summed E-state index contributed by atoms with van der Waals surface area (Å²) in [6.07, 6.45) is 2.15. The van der Waals surface area contributed by atoms with Crippen molar-refractivity contribution in [1.29, 1.82) is 0 Å². The molecule has 3 rings (SSSR count). The highest BCUT2D eigenvalue weighted by Crippen LogP contribution is 2.39. The number of Topliss-reactive ketones (excluding diaryl/α,β-unsaturated/α-hetero) is 1. The van der Waals surface area contributed by atoms with Gasteiger partial charge in [0.2, 0.25) is 0 Å². The maximum Gasteiger partial charge on any atom is 0.323 e. The van der Waals surface area contributed by atoms with Crippen LogP contribution in [0.3, 0.4) is 0 Å². The number of carboxylic acid groups (broad SMARTS) is 1. The molecule has 2 aromatic rings. The third-order valence-corrected chi connectivity index (χ3v) is 4.36. The smallest absolute Gasteiger partial charge is 0.323 e. The van der Waals surface area contributed by atoms with Crippen LogP contribution in [0.25, 0.3) is 0 Å². The molecule has 0 saturated carbocycles. The standard InChI is InChI=1S/C13H11NO3S/c15-11(9-3-2-8-18-9)13(12(16)17)5-7-14-6-1-4-10(13)14/h1-4,6,8H,5,7H2,(H,16,17). The van der Waals surface area contributed by atoms with Crippen molar-refractivity contribution in [3.05, 3.63) is 46.4 Å². The van der Waals surface area contributed by atoms with Crippen molar-refractivity contribution in [2.75, 3.05) is 0 Å². The van der Waals surface area contributed by atoms with E-state index in [-0.39, 0.29) is 5.78 Å². The predicted octanol–water partition coefficient (Wildman–Crippen LogP) is 2.16. The predicted molar refractivity (Wildman–Crippen MR) is 67.0 cm³/mol. The largest absolute Gasteiger partial charge is 0.480 e. The summed E-state index contributed by atoms with van der Waals surface area (Å²) >= 11 is 1.29. The van der Waals surface area contributed by atoms with Crippen LogP contribution in [-0.4, -0.2) is 21.4 Å². The average Bonchev–Trinajstić information content (AvgIpc) is 3.05. The van der Waals surface area contributed by atoms with Gasteiger partial charge in [0.25, 0.3) is 0 Å². The Morgan fingerprint density at radius 1 is 1.33 bits per heavy atom. The van der Waals surface area contributed by atoms with Crippen molar-refractivity contribution in [1.82, 2.24) is 4.57 Å². The lowest BCUT2D eigenvalue weighted by Crippen LogP contribution is -2.41. The van der Waals surface area contributed by atoms with Gasteiger partial charge >= 0.3 is 5.97 Å². The molecule has 0 fully saturated rings. The van der Waals surface area contributed by atoms with Gasteiger partial charge in [-0.05, 0) is 30.0 Å². The molecule has 0 spiro atoms. The number of carbonyl (C=O) groups is 2. The fourth-order valence-corrected chi connectivity index (χ4v) is 3.32. The van der Waals surface area contributed by atoms with Crippen molar-refractivity contribution in [2.45, 2.75) is 18.4 Å². The van der Waals surface area contributed by atoms with Crippen molar-refractivity contribution in [2.24, 2.45) is 0 Å². The Morgan fingerprint density at radius 2 is 2.17 bits per heavy atom. The minimum absolute atomic E-state index is 0.303. The highest BCUT2D eigenvalue weighted by molar-refractivity contribution is 7.12. The van der Waals surface area contributed by atoms with E-state index in [0.717, 1.165) is 0 Å². The summed E-state index contributed by atoms with van der Waals surface area (Å²) in [7, 11) is 0. The molecule has 0 radical (unpaired) electrons. The van der Waals surface area contributed by atoms with Crippen molar-refractivity contribution < 1.29 is 14.7 Å². The first-order valence-electron chi connectivity index (χ1n) is 5.63. The van der Waals surface area contributed by atoms with E-state index in [0.29, 0.717) is 23.5 Å². The summed E-state index contributed by atoms with van der Waals surface area (Å²) in [5.41, 5.74) is -0.817. The van der Waals surface area contributed by atoms with Crippen LogP contribution in [0.4, 0.5) is 0 Å². The van der Waals surface area contributed by atoms with Gasteiger partial charge in [0.05, 0.1) is 4.88 Å². The first kappa shape index (κ1) is 11.2. The van der Waals surface area contributed by atoms with Gasteiger partial charge in [0, 0.05) is 18.4 Å². The molecule has 0 bridgehead atoms. The normalized spacial score (nSPS) is 21.8. The number of carbonyl (C=O) groups excluding carboxylic acids is 1. The number of hydrogen-bond donors (Lipinski definition) is 1. The number of ketones is 1. The molecule has 0 amide bonds. The molecular formula is C13H11NO3S. The Labute approximate surface area is 107 Å². The summed E-state index contributed by atoms with van der Waals surface area (Å²) in [4.78, 5) is 24.7. The maximum absolute atomic E-state index is 12.5. The minimum Gasteiger partial charge on any atom is -0.480 e. The molecule has 1 unspecified atom stereocenters. The molecule has 3 heterocycles. The van der Waals surface area contributed by atoms with Gasteiger partial charge in [-0.2, -0.15) is 0 Å². The first-order chi connectivity index (χ1) is 8.66. The van der Waals surface area contributed by atoms with E-state index in [1.165, 1.54) is 11.3 Å². The number of carboxylic acids is 1. The summed E-state index contributed by atoms with van der Waals surface area (Å²) in [5.74, 6) is -1.36. The number of aliphatic carboxylic acids is 1. The van der Waals surface area contributed by atoms with Crippen LogP contribution in [0.5, 0.6) is 0 Å². The van der Waals surface area contributed by atoms with Gasteiger partial charge in [-0.3, -0.25) is 9.59 Å². The number of nitrogens with zero attached hydrogens (tertiary/aromatic N) is 1. The summed E-state index contributed by atoms with van der Waals surface area (Å²) < 4.78 is 1.85. The monoisotopic (exact) mass is 261 g/mol. The number of hydrogen-bond acceptors (Lipinski definition) is 3. The van der Waals surface area contributed by atoms with Crippen LogP contribution in [0.1, 0.15) is 21.8 Å². The van der Waals surface area contributed by atoms with E-state index < -0.39 is 11.4 Å². The fourth-order valence-electron chi connectivity index (χ4n) is 2.57. The summed E-state index contributed by atoms with van der Waals surface area (Å²) in [5, 5.41) is 11.4. The van der Waals surface area contributed by atoms with E-state index in [1.54, 1.807) is 29.6 Å². The summed E-state index contributed by atoms with van der Waals surface area (Å²) in [6, 6.07) is 6.96. The molecule has 0 aliphatic carbocycles. The fraction of sp³-hybridized carbons (Fsp3) is 0.231. The van der Waals surface area contributed by atoms with E-state index in [9.17, 15) is 14.7 Å². The Morgan fingerprint density at radius 3 is 2.83 bits per heavy atom. The molecule has 1 atom stereocenters. The van der Waals surface area contributed by atoms with Crippen molar-refractivity contribution >= 4 is 23.1 Å². The SMILES string of the molecule is O=C(O)C1(C(=O)c2cccs2)CCn2cccc21. The Balaban J connectivity index is 2.16. The van der Waals surface area contributed by atoms with Gasteiger partial charge in [-0.25, -0.2) is 0 Å². The van der Waals surface area contributed by atoms with Gasteiger partial charge in [0.15, 0.2) is 11.2 Å². The second kappa shape index (κ2) is 3.81. The van der Waals surface area contributed by atoms with E-state index in [2.05, 4.69) is 0 Å². The quantitative estimate of drug-likeness (QED) is 0.680. The lowest BCUT2D eigenvalue weighted by Gasteiger charge is -2.21. The molecule has 0 aromatic carbocycles. The molecule has 1 aliphatic rings. The van der Waals surface area contributed by atoms with Gasteiger partial charge in [-0.15, -0.1) is 11.3 Å². The zero-order chi connectivity index (χ0) is 12.8. The van der Waals surface area contributed by atoms with Crippen LogP contribution in [-0.2, 0) is 16.8 Å². The highest BCUT2D eigenvalue weighted by Gasteiger charge is 2.52. The molecule has 0 saturated heterocycles. The van der Waals surface area contributed by atoms with Gasteiger partial charge in [0.1, 0.15) is 0 Å². The van der Waals surface area contributed by atoms with Crippen LogP contribution in [0, 0.1) is 0 Å². The van der Waals surface area contributed by atoms with Crippen LogP contribution >= 0.6 is 11.3 Å². The Bertz CT molecular complexity index is 614. The Kier molecular flexibility index (Phi) is 2.38. The lowest BCUT2D eigenvalue weighted by molar-refractivity contribution is -0.141. The Hall–Kier alpha value is -1.88. The number of fused-ring (bicyclic) bond motifs is 1. The molecule has 2 aromatic heterocycles. The molecule has 1 aliphatic heterocycles. The van der Waals surface area contributed by atoms with Crippen LogP contribution in [0.15, 0.2) is 35.8 Å². The zero-order valence-corrected chi connectivity index (χ0v) is 10.3. The second-order valence-corrected chi connectivity index (χ2v) is 5.30. The third-order valence-electron chi connectivity index (χ3n) is 3.49. The number of aryl methyl sites for hydroxylation is 1. The van der Waals surface area contributed by atoms with E-state index in [4.69, 9.17) is 0 Å². The molecule has 5 heteroatoms. The third kappa shape index (κ3) is 1.31. The average molecular weight is 261 g/mol. The molecule has 18 heavy (non-hydrogen) atoms. The molecule has 92 valence electrons. The molecular weight excluding hydrogens is 250 g/mol. The zero-order valence-electron chi connectivity index (χ0n) is 9.50. The van der Waals surface area contributed by atoms with Gasteiger partial charge < -0.3 is 9.67 Å². The van der Waals surface area contributed by atoms with E-state index in [1.807, 2.05) is 10.8 Å². The van der Waals surface area contributed by atoms with Crippen molar-refractivity contribution in [3.8, 4) is 0 Å². The topological polar surface area (TPSA) is 59.3 Å². The minimum atomic E-state index is -1.41. The number of aromatic nitrogens is 1. The molecule has 4 nitrogen and oxygen atoms in total. The van der Waals surface area contributed by atoms with Crippen molar-refractivity contribution in [3.63, 3.8) is 0 Å². The van der Waals surface area contributed by atoms with E-state index >= 15 is 0 Å². The molecule has 1 N–H and O–H groups in total. The number of rotatable bonds is 3. The summed E-state index contributed by atoms with van der Waals surface area (Å²) in [6.45, 7) is 0.575.